The Kier molecular flexibility index (Phi) is 11.7. The lowest BCUT2D eigenvalue weighted by atomic mass is 9.89. The fourth-order valence-corrected chi connectivity index (χ4v) is 11.8. The van der Waals surface area contributed by atoms with E-state index in [1.165, 1.54) is 183 Å². The third-order valence-corrected chi connectivity index (χ3v) is 15.5. The molecule has 0 unspecified atom stereocenters. The van der Waals surface area contributed by atoms with Crippen molar-refractivity contribution < 1.29 is 0 Å². The molecule has 0 bridgehead atoms. The van der Waals surface area contributed by atoms with Gasteiger partial charge in [-0.3, -0.25) is 0 Å². The van der Waals surface area contributed by atoms with Crippen LogP contribution in [0.5, 0.6) is 0 Å². The van der Waals surface area contributed by atoms with E-state index in [2.05, 4.69) is 207 Å². The van der Waals surface area contributed by atoms with Crippen LogP contribution in [-0.2, 0) is 25.7 Å². The molecule has 0 amide bonds. The maximum atomic E-state index is 2.50. The minimum atomic E-state index is 1.12. The Morgan fingerprint density at radius 3 is 0.871 bits per heavy atom. The van der Waals surface area contributed by atoms with Gasteiger partial charge in [-0.25, -0.2) is 0 Å². The van der Waals surface area contributed by atoms with Crippen LogP contribution in [-0.4, -0.2) is 9.13 Å². The molecule has 10 aromatic carbocycles. The number of rotatable bonds is 16. The fraction of sp³-hybridized carbons (Fsp3) is 0.235. The summed E-state index contributed by atoms with van der Waals surface area (Å²) < 4.78 is 4.99. The summed E-state index contributed by atoms with van der Waals surface area (Å²) >= 11 is 0. The first kappa shape index (κ1) is 44.1. The van der Waals surface area contributed by atoms with Crippen LogP contribution in [0.25, 0.3) is 110 Å². The molecule has 2 nitrogen and oxygen atoms in total. The van der Waals surface area contributed by atoms with Gasteiger partial charge in [0.2, 0.25) is 0 Å². The Labute approximate surface area is 413 Å². The van der Waals surface area contributed by atoms with E-state index in [1.807, 2.05) is 0 Å². The second-order valence-corrected chi connectivity index (χ2v) is 20.3. The zero-order valence-electron chi connectivity index (χ0n) is 41.5. The summed E-state index contributed by atoms with van der Waals surface area (Å²) in [5.74, 6) is 0. The van der Waals surface area contributed by atoms with Gasteiger partial charge in [0, 0.05) is 32.9 Å². The van der Waals surface area contributed by atoms with E-state index >= 15 is 0 Å². The highest BCUT2D eigenvalue weighted by Gasteiger charge is 2.18. The first-order valence-electron chi connectivity index (χ1n) is 26.6. The predicted octanol–water partition coefficient (Wildman–Crippen LogP) is 19.5. The lowest BCUT2D eigenvalue weighted by Gasteiger charge is -2.16. The summed E-state index contributed by atoms with van der Waals surface area (Å²) in [7, 11) is 0. The second-order valence-electron chi connectivity index (χ2n) is 20.3. The number of nitrogens with zero attached hydrogens (tertiary/aromatic N) is 2. The molecule has 0 spiro atoms. The van der Waals surface area contributed by atoms with Crippen molar-refractivity contribution in [2.24, 2.45) is 0 Å². The van der Waals surface area contributed by atoms with Crippen molar-refractivity contribution in [3.8, 4) is 33.6 Å². The summed E-state index contributed by atoms with van der Waals surface area (Å²) in [5.41, 5.74) is 18.2. The number of aryl methyl sites for hydroxylation is 4. The Hall–Kier alpha value is -7.16. The summed E-state index contributed by atoms with van der Waals surface area (Å²) in [6.07, 6.45) is 14.2. The second kappa shape index (κ2) is 18.6. The number of fused-ring (bicyclic) bond motifs is 6. The largest absolute Gasteiger partial charge is 0.309 e. The number of unbranched alkanes of at least 4 members (excludes halogenated alkanes) is 4. The van der Waals surface area contributed by atoms with Crippen LogP contribution in [0, 0.1) is 0 Å². The molecule has 0 N–H and O–H groups in total. The van der Waals surface area contributed by atoms with Crippen molar-refractivity contribution in [3.05, 3.63) is 192 Å². The van der Waals surface area contributed by atoms with Crippen LogP contribution < -0.4 is 0 Å². The van der Waals surface area contributed by atoms with Crippen LogP contribution in [0.15, 0.2) is 170 Å². The molecule has 70 heavy (non-hydrogen) atoms. The van der Waals surface area contributed by atoms with Crippen LogP contribution in [0.2, 0.25) is 0 Å². The van der Waals surface area contributed by atoms with Crippen molar-refractivity contribution in [2.45, 2.75) is 105 Å². The lowest BCUT2D eigenvalue weighted by molar-refractivity contribution is 0.795. The van der Waals surface area contributed by atoms with Gasteiger partial charge in [0.15, 0.2) is 0 Å². The molecule has 0 aliphatic heterocycles. The van der Waals surface area contributed by atoms with Crippen LogP contribution >= 0.6 is 0 Å². The van der Waals surface area contributed by atoms with Crippen LogP contribution in [0.3, 0.4) is 0 Å². The zero-order valence-corrected chi connectivity index (χ0v) is 41.5. The van der Waals surface area contributed by atoms with E-state index in [-0.39, 0.29) is 0 Å². The number of hydrogen-bond acceptors (Lipinski definition) is 0. The summed E-state index contributed by atoms with van der Waals surface area (Å²) in [5, 5.41) is 13.3. The van der Waals surface area contributed by atoms with Crippen molar-refractivity contribution in [1.82, 2.24) is 9.13 Å². The molecule has 2 aromatic heterocycles. The summed E-state index contributed by atoms with van der Waals surface area (Å²) in [6, 6.07) is 66.2. The van der Waals surface area contributed by atoms with E-state index in [9.17, 15) is 0 Å². The van der Waals surface area contributed by atoms with E-state index in [1.54, 1.807) is 0 Å². The molecule has 346 valence electrons. The van der Waals surface area contributed by atoms with Crippen molar-refractivity contribution >= 4 is 75.9 Å². The molecule has 12 rings (SSSR count). The highest BCUT2D eigenvalue weighted by molar-refractivity contribution is 6.24. The molecule has 0 atom stereocenters. The standard InChI is InChI=1S/C68H64N2/c1-5-9-15-45-23-31-63-59(35-45)60-36-46(16-10-6-2)24-32-64(60)69(63)57-21-13-19-49(43-57)55-39-51-27-29-53-41-56(42-54-30-28-52(40-55)67(51)68(53)54)50-20-14-22-58(44-50)70-65-33-25-47(17-11-7-3)37-61(65)62-38-48(18-12-8-4)26-34-66(62)70/h13-14,19-44H,5-12,15-18H2,1-4H3. The molecule has 0 saturated heterocycles. The average Bonchev–Trinajstić information content (AvgIpc) is 3.91. The molecular weight excluding hydrogens is 845 g/mol. The van der Waals surface area contributed by atoms with Gasteiger partial charge in [0.25, 0.3) is 0 Å². The summed E-state index contributed by atoms with van der Waals surface area (Å²) in [4.78, 5) is 0. The first-order chi connectivity index (χ1) is 34.5. The SMILES string of the molecule is CCCCc1ccc2c(c1)c1cc(CCCC)ccc1n2-c1cccc(-c2cc3ccc4cc(-c5cccc(-n6c7ccc(CCCC)cc7c7cc(CCCC)ccc76)c5)cc5ccc(c2)c3c45)c1. The molecule has 0 radical (unpaired) electrons. The van der Waals surface area contributed by atoms with E-state index in [0.717, 1.165) is 25.7 Å². The van der Waals surface area contributed by atoms with E-state index in [0.29, 0.717) is 0 Å². The monoisotopic (exact) mass is 909 g/mol. The summed E-state index contributed by atoms with van der Waals surface area (Å²) in [6.45, 7) is 9.14. The minimum absolute atomic E-state index is 1.12. The van der Waals surface area contributed by atoms with Gasteiger partial charge in [-0.2, -0.15) is 0 Å². The number of aromatic nitrogens is 2. The van der Waals surface area contributed by atoms with E-state index in [4.69, 9.17) is 0 Å². The van der Waals surface area contributed by atoms with Crippen LogP contribution in [0.1, 0.15) is 101 Å². The maximum Gasteiger partial charge on any atom is 0.0541 e. The van der Waals surface area contributed by atoms with Crippen molar-refractivity contribution in [3.63, 3.8) is 0 Å². The highest BCUT2D eigenvalue weighted by atomic mass is 15.0. The first-order valence-corrected chi connectivity index (χ1v) is 26.6. The molecule has 12 aromatic rings. The third kappa shape index (κ3) is 7.83. The fourth-order valence-electron chi connectivity index (χ4n) is 11.8. The molecule has 2 heteroatoms. The quantitative estimate of drug-likeness (QED) is 0.0855. The van der Waals surface area contributed by atoms with Crippen molar-refractivity contribution in [1.29, 1.82) is 0 Å². The van der Waals surface area contributed by atoms with Crippen LogP contribution in [0.4, 0.5) is 0 Å². The Morgan fingerprint density at radius 2 is 0.586 bits per heavy atom. The Bertz CT molecular complexity index is 3440. The molecule has 0 aliphatic carbocycles. The topological polar surface area (TPSA) is 9.86 Å². The zero-order chi connectivity index (χ0) is 47.3. The van der Waals surface area contributed by atoms with Gasteiger partial charge >= 0.3 is 0 Å². The Morgan fingerprint density at radius 1 is 0.286 bits per heavy atom. The van der Waals surface area contributed by atoms with Crippen molar-refractivity contribution in [2.75, 3.05) is 0 Å². The van der Waals surface area contributed by atoms with E-state index < -0.39 is 0 Å². The highest BCUT2D eigenvalue weighted by Crippen LogP contribution is 2.42. The smallest absolute Gasteiger partial charge is 0.0541 e. The normalized spacial score (nSPS) is 12.1. The molecule has 0 fully saturated rings. The van der Waals surface area contributed by atoms with Gasteiger partial charge in [-0.15, -0.1) is 0 Å². The maximum absolute atomic E-state index is 2.50. The van der Waals surface area contributed by atoms with Gasteiger partial charge in [0.1, 0.15) is 0 Å². The molecule has 2 heterocycles. The number of benzene rings is 10. The third-order valence-electron chi connectivity index (χ3n) is 15.5. The molecular formula is C68H64N2. The Balaban J connectivity index is 0.915. The van der Waals surface area contributed by atoms with Gasteiger partial charge in [-0.05, 0) is 225 Å². The average molecular weight is 909 g/mol. The molecule has 0 saturated carbocycles. The van der Waals surface area contributed by atoms with Gasteiger partial charge in [0.05, 0.1) is 22.1 Å². The number of hydrogen-bond donors (Lipinski definition) is 0. The predicted molar refractivity (Wildman–Crippen MR) is 304 cm³/mol. The lowest BCUT2D eigenvalue weighted by Crippen LogP contribution is -1.95. The minimum Gasteiger partial charge on any atom is -0.309 e. The molecule has 0 aliphatic rings. The van der Waals surface area contributed by atoms with Gasteiger partial charge < -0.3 is 9.13 Å². The van der Waals surface area contributed by atoms with Gasteiger partial charge in [-0.1, -0.05) is 126 Å².